The van der Waals surface area contributed by atoms with Gasteiger partial charge in [0.15, 0.2) is 0 Å². The van der Waals surface area contributed by atoms with Gasteiger partial charge in [-0.2, -0.15) is 0 Å². The number of aliphatic hydroxyl groups is 1. The maximum absolute atomic E-state index is 11.2. The minimum Gasteiger partial charge on any atom is -0.481 e. The van der Waals surface area contributed by atoms with E-state index in [1.807, 2.05) is 18.2 Å². The number of rotatable bonds is 6. The highest BCUT2D eigenvalue weighted by molar-refractivity contribution is 5.99. The Bertz CT molecular complexity index is 501. The largest absolute Gasteiger partial charge is 0.481 e. The summed E-state index contributed by atoms with van der Waals surface area (Å²) in [6.45, 7) is 0.749. The maximum atomic E-state index is 11.2. The molecule has 102 valence electrons. The number of benzene rings is 1. The van der Waals surface area contributed by atoms with Crippen LogP contribution in [-0.2, 0) is 22.6 Å². The molecule has 0 saturated heterocycles. The molecule has 19 heavy (non-hydrogen) atoms. The third-order valence-corrected chi connectivity index (χ3v) is 2.91. The van der Waals surface area contributed by atoms with Crippen LogP contribution in [0.3, 0.4) is 0 Å². The van der Waals surface area contributed by atoms with Crippen LogP contribution in [0, 0.1) is 0 Å². The zero-order valence-electron chi connectivity index (χ0n) is 10.3. The summed E-state index contributed by atoms with van der Waals surface area (Å²) in [6, 6.07) is 5.68. The number of hydrogen-bond acceptors (Lipinski definition) is 4. The molecule has 6 heteroatoms. The number of carbonyl (C=O) groups excluding carboxylic acids is 1. The van der Waals surface area contributed by atoms with Crippen LogP contribution in [0.25, 0.3) is 0 Å². The molecular weight excluding hydrogens is 248 g/mol. The number of aliphatic hydroxyl groups excluding tert-OH is 1. The Morgan fingerprint density at radius 1 is 1.47 bits per heavy atom. The van der Waals surface area contributed by atoms with Gasteiger partial charge in [0.25, 0.3) is 0 Å². The number of hydrogen-bond donors (Lipinski definition) is 4. The lowest BCUT2D eigenvalue weighted by Crippen LogP contribution is -2.28. The van der Waals surface area contributed by atoms with E-state index in [0.717, 1.165) is 16.8 Å². The first-order valence-corrected chi connectivity index (χ1v) is 6.07. The van der Waals surface area contributed by atoms with E-state index in [0.29, 0.717) is 13.0 Å². The molecule has 1 amide bonds. The van der Waals surface area contributed by atoms with Gasteiger partial charge in [0, 0.05) is 18.8 Å². The molecule has 0 saturated carbocycles. The van der Waals surface area contributed by atoms with Gasteiger partial charge in [0.2, 0.25) is 5.91 Å². The van der Waals surface area contributed by atoms with Crippen LogP contribution in [0.1, 0.15) is 17.5 Å². The minimum absolute atomic E-state index is 0.00279. The van der Waals surface area contributed by atoms with E-state index in [2.05, 4.69) is 10.6 Å². The van der Waals surface area contributed by atoms with Gasteiger partial charge >= 0.3 is 5.97 Å². The van der Waals surface area contributed by atoms with Gasteiger partial charge in [-0.3, -0.25) is 9.59 Å². The number of aliphatic carboxylic acids is 1. The van der Waals surface area contributed by atoms with E-state index in [1.54, 1.807) is 0 Å². The van der Waals surface area contributed by atoms with Crippen LogP contribution in [0.5, 0.6) is 0 Å². The van der Waals surface area contributed by atoms with E-state index in [-0.39, 0.29) is 18.9 Å². The van der Waals surface area contributed by atoms with Crippen molar-refractivity contribution < 1.29 is 19.8 Å². The first kappa shape index (κ1) is 13.5. The van der Waals surface area contributed by atoms with Gasteiger partial charge in [0.1, 0.15) is 0 Å². The van der Waals surface area contributed by atoms with E-state index in [9.17, 15) is 14.7 Å². The van der Waals surface area contributed by atoms with Crippen LogP contribution in [0.4, 0.5) is 5.69 Å². The second-order valence-corrected chi connectivity index (χ2v) is 4.60. The third-order valence-electron chi connectivity index (χ3n) is 2.91. The zero-order chi connectivity index (χ0) is 13.8. The number of amides is 1. The first-order valence-electron chi connectivity index (χ1n) is 6.07. The first-order chi connectivity index (χ1) is 9.04. The smallest absolute Gasteiger partial charge is 0.306 e. The van der Waals surface area contributed by atoms with Crippen molar-refractivity contribution in [2.24, 2.45) is 0 Å². The Morgan fingerprint density at radius 3 is 3.00 bits per heavy atom. The summed E-state index contributed by atoms with van der Waals surface area (Å²) in [5.74, 6) is -1.02. The molecular formula is C13H16N2O4. The molecule has 1 aromatic rings. The quantitative estimate of drug-likeness (QED) is 0.584. The minimum atomic E-state index is -1.02. The van der Waals surface area contributed by atoms with Crippen LogP contribution < -0.4 is 10.6 Å². The molecule has 6 nitrogen and oxygen atoms in total. The number of carboxylic acids is 1. The molecule has 1 atom stereocenters. The predicted octanol–water partition coefficient (Wildman–Crippen LogP) is 0.106. The highest BCUT2D eigenvalue weighted by Gasteiger charge is 2.17. The molecule has 0 aliphatic carbocycles. The van der Waals surface area contributed by atoms with Crippen molar-refractivity contribution in [1.82, 2.24) is 5.32 Å². The summed E-state index contributed by atoms with van der Waals surface area (Å²) in [7, 11) is 0. The third kappa shape index (κ3) is 3.77. The summed E-state index contributed by atoms with van der Waals surface area (Å²) >= 11 is 0. The molecule has 0 radical (unpaired) electrons. The lowest BCUT2D eigenvalue weighted by atomic mass is 10.1. The molecule has 0 spiro atoms. The second kappa shape index (κ2) is 5.81. The average Bonchev–Trinajstić information content (AvgIpc) is 2.67. The molecule has 1 aliphatic rings. The van der Waals surface area contributed by atoms with E-state index in [1.165, 1.54) is 0 Å². The fourth-order valence-electron chi connectivity index (χ4n) is 2.05. The molecule has 1 aliphatic heterocycles. The summed E-state index contributed by atoms with van der Waals surface area (Å²) in [5, 5.41) is 23.6. The van der Waals surface area contributed by atoms with Crippen molar-refractivity contribution in [3.8, 4) is 0 Å². The number of carbonyl (C=O) groups is 2. The predicted molar refractivity (Wildman–Crippen MR) is 68.7 cm³/mol. The standard InChI is InChI=1S/C13H16N2O4/c16-10(5-13(18)19)7-14-6-8-1-2-11-9(3-8)4-12(17)15-11/h1-3,10,14,16H,4-7H2,(H,15,17)(H,18,19). The number of nitrogens with one attached hydrogen (secondary N) is 2. The second-order valence-electron chi connectivity index (χ2n) is 4.60. The number of carboxylic acid groups (broad SMARTS) is 1. The van der Waals surface area contributed by atoms with E-state index in [4.69, 9.17) is 5.11 Å². The summed E-state index contributed by atoms with van der Waals surface area (Å²) in [4.78, 5) is 21.6. The van der Waals surface area contributed by atoms with Crippen molar-refractivity contribution in [1.29, 1.82) is 0 Å². The van der Waals surface area contributed by atoms with E-state index >= 15 is 0 Å². The highest BCUT2D eigenvalue weighted by atomic mass is 16.4. The number of anilines is 1. The molecule has 1 unspecified atom stereocenters. The van der Waals surface area contributed by atoms with Crippen LogP contribution in [0.2, 0.25) is 0 Å². The Hall–Kier alpha value is -1.92. The maximum Gasteiger partial charge on any atom is 0.306 e. The highest BCUT2D eigenvalue weighted by Crippen LogP contribution is 2.23. The van der Waals surface area contributed by atoms with Gasteiger partial charge in [0.05, 0.1) is 18.9 Å². The lowest BCUT2D eigenvalue weighted by molar-refractivity contribution is -0.139. The zero-order valence-corrected chi connectivity index (χ0v) is 10.3. The van der Waals surface area contributed by atoms with Gasteiger partial charge in [-0.05, 0) is 17.2 Å². The molecule has 4 N–H and O–H groups in total. The Balaban J connectivity index is 1.83. The van der Waals surface area contributed by atoms with Crippen molar-refractivity contribution in [2.75, 3.05) is 11.9 Å². The Morgan fingerprint density at radius 2 is 2.26 bits per heavy atom. The van der Waals surface area contributed by atoms with Crippen molar-refractivity contribution in [2.45, 2.75) is 25.5 Å². The Labute approximate surface area is 110 Å². The average molecular weight is 264 g/mol. The molecule has 0 fully saturated rings. The lowest BCUT2D eigenvalue weighted by Gasteiger charge is -2.10. The van der Waals surface area contributed by atoms with Crippen LogP contribution in [0.15, 0.2) is 18.2 Å². The van der Waals surface area contributed by atoms with Crippen LogP contribution in [-0.4, -0.2) is 34.7 Å². The SMILES string of the molecule is O=C(O)CC(O)CNCc1ccc2c(c1)CC(=O)N2. The van der Waals surface area contributed by atoms with Gasteiger partial charge < -0.3 is 20.8 Å². The fraction of sp³-hybridized carbons (Fsp3) is 0.385. The van der Waals surface area contributed by atoms with Crippen LogP contribution >= 0.6 is 0 Å². The summed E-state index contributed by atoms with van der Waals surface area (Å²) in [6.07, 6.45) is -0.768. The normalized spacial score (nSPS) is 14.9. The molecule has 0 aromatic heterocycles. The summed E-state index contributed by atoms with van der Waals surface area (Å²) < 4.78 is 0. The number of fused-ring (bicyclic) bond motifs is 1. The fourth-order valence-corrected chi connectivity index (χ4v) is 2.05. The Kier molecular flexibility index (Phi) is 4.13. The van der Waals surface area contributed by atoms with Gasteiger partial charge in [-0.25, -0.2) is 0 Å². The van der Waals surface area contributed by atoms with Gasteiger partial charge in [-0.1, -0.05) is 12.1 Å². The van der Waals surface area contributed by atoms with Crippen molar-refractivity contribution in [3.63, 3.8) is 0 Å². The summed E-state index contributed by atoms with van der Waals surface area (Å²) in [5.41, 5.74) is 2.81. The molecule has 0 bridgehead atoms. The van der Waals surface area contributed by atoms with Gasteiger partial charge in [-0.15, -0.1) is 0 Å². The molecule has 2 rings (SSSR count). The van der Waals surface area contributed by atoms with E-state index < -0.39 is 12.1 Å². The monoisotopic (exact) mass is 264 g/mol. The van der Waals surface area contributed by atoms with Crippen molar-refractivity contribution >= 4 is 17.6 Å². The van der Waals surface area contributed by atoms with Crippen molar-refractivity contribution in [3.05, 3.63) is 29.3 Å². The topological polar surface area (TPSA) is 98.7 Å². The molecule has 1 aromatic carbocycles. The molecule has 1 heterocycles.